The number of carbonyl (C=O) groups is 1. The summed E-state index contributed by atoms with van der Waals surface area (Å²) in [5, 5.41) is 3.36. The molecule has 2 aliphatic rings. The number of esters is 1. The molecule has 0 aromatic carbocycles. The monoisotopic (exact) mass is 267 g/mol. The summed E-state index contributed by atoms with van der Waals surface area (Å²) in [7, 11) is 0. The first kappa shape index (κ1) is 14.8. The Morgan fingerprint density at radius 1 is 1.16 bits per heavy atom. The summed E-state index contributed by atoms with van der Waals surface area (Å²) in [4.78, 5) is 11.9. The fourth-order valence-electron chi connectivity index (χ4n) is 3.23. The molecular weight excluding hydrogens is 238 g/mol. The topological polar surface area (TPSA) is 38.3 Å². The Balaban J connectivity index is 1.61. The fourth-order valence-corrected chi connectivity index (χ4v) is 3.23. The quantitative estimate of drug-likeness (QED) is 0.794. The Morgan fingerprint density at radius 2 is 1.79 bits per heavy atom. The minimum Gasteiger partial charge on any atom is -0.462 e. The third-order valence-electron chi connectivity index (χ3n) is 4.80. The molecule has 0 radical (unpaired) electrons. The predicted octanol–water partition coefficient (Wildman–Crippen LogP) is 3.28. The second-order valence-electron chi connectivity index (χ2n) is 7.09. The second kappa shape index (κ2) is 6.74. The molecule has 0 aromatic rings. The lowest BCUT2D eigenvalue weighted by Crippen LogP contribution is -2.29. The first-order chi connectivity index (χ1) is 9.05. The lowest BCUT2D eigenvalue weighted by molar-refractivity contribution is -0.152. The number of hydrogen-bond donors (Lipinski definition) is 1. The van der Waals surface area contributed by atoms with Crippen LogP contribution in [0, 0.1) is 11.3 Å². The van der Waals surface area contributed by atoms with Crippen LogP contribution in [-0.4, -0.2) is 25.2 Å². The molecule has 1 aliphatic carbocycles. The summed E-state index contributed by atoms with van der Waals surface area (Å²) >= 11 is 0. The highest BCUT2D eigenvalue weighted by molar-refractivity contribution is 5.69. The van der Waals surface area contributed by atoms with E-state index in [1.165, 1.54) is 25.7 Å². The Bertz CT molecular complexity index is 285. The zero-order valence-electron chi connectivity index (χ0n) is 12.5. The normalized spacial score (nSPS) is 25.2. The van der Waals surface area contributed by atoms with Crippen molar-refractivity contribution >= 4 is 5.97 Å². The Morgan fingerprint density at radius 3 is 2.42 bits per heavy atom. The van der Waals surface area contributed by atoms with Crippen LogP contribution in [0.2, 0.25) is 0 Å². The summed E-state index contributed by atoms with van der Waals surface area (Å²) in [5.41, 5.74) is 0.442. The standard InChI is InChI=1S/C16H29NO2/c1-16(2)9-5-14(6-10-16)19-15(18)4-3-13-7-11-17-12-8-13/h13-14,17H,3-12H2,1-2H3. The Kier molecular flexibility index (Phi) is 5.26. The average Bonchev–Trinajstić information content (AvgIpc) is 2.40. The number of nitrogens with one attached hydrogen (secondary N) is 1. The molecule has 0 amide bonds. The molecule has 1 N–H and O–H groups in total. The van der Waals surface area contributed by atoms with Crippen molar-refractivity contribution in [3.8, 4) is 0 Å². The van der Waals surface area contributed by atoms with Gasteiger partial charge in [-0.15, -0.1) is 0 Å². The van der Waals surface area contributed by atoms with Crippen LogP contribution >= 0.6 is 0 Å². The maximum Gasteiger partial charge on any atom is 0.306 e. The molecule has 3 nitrogen and oxygen atoms in total. The molecule has 1 saturated heterocycles. The van der Waals surface area contributed by atoms with Gasteiger partial charge in [0, 0.05) is 6.42 Å². The van der Waals surface area contributed by atoms with Crippen LogP contribution < -0.4 is 5.32 Å². The van der Waals surface area contributed by atoms with E-state index in [-0.39, 0.29) is 12.1 Å². The number of carbonyl (C=O) groups excluding carboxylic acids is 1. The van der Waals surface area contributed by atoms with Crippen molar-refractivity contribution in [1.29, 1.82) is 0 Å². The van der Waals surface area contributed by atoms with Gasteiger partial charge in [0.1, 0.15) is 6.10 Å². The van der Waals surface area contributed by atoms with Gasteiger partial charge in [0.05, 0.1) is 0 Å². The third kappa shape index (κ3) is 5.13. The van der Waals surface area contributed by atoms with Crippen molar-refractivity contribution in [3.05, 3.63) is 0 Å². The molecule has 0 spiro atoms. The summed E-state index contributed by atoms with van der Waals surface area (Å²) < 4.78 is 5.62. The van der Waals surface area contributed by atoms with E-state index in [2.05, 4.69) is 19.2 Å². The van der Waals surface area contributed by atoms with Gasteiger partial charge in [0.2, 0.25) is 0 Å². The lowest BCUT2D eigenvalue weighted by Gasteiger charge is -2.34. The van der Waals surface area contributed by atoms with Gasteiger partial charge in [-0.1, -0.05) is 13.8 Å². The maximum absolute atomic E-state index is 11.9. The van der Waals surface area contributed by atoms with E-state index in [4.69, 9.17) is 4.74 Å². The molecule has 110 valence electrons. The van der Waals surface area contributed by atoms with Crippen LogP contribution in [0.3, 0.4) is 0 Å². The van der Waals surface area contributed by atoms with Gasteiger partial charge < -0.3 is 10.1 Å². The molecule has 0 bridgehead atoms. The largest absolute Gasteiger partial charge is 0.462 e. The summed E-state index contributed by atoms with van der Waals surface area (Å²) in [5.74, 6) is 0.752. The zero-order valence-corrected chi connectivity index (χ0v) is 12.5. The minimum absolute atomic E-state index is 0.0308. The van der Waals surface area contributed by atoms with Crippen LogP contribution in [0.15, 0.2) is 0 Å². The van der Waals surface area contributed by atoms with Crippen molar-refractivity contribution in [1.82, 2.24) is 5.32 Å². The first-order valence-electron chi connectivity index (χ1n) is 7.95. The Hall–Kier alpha value is -0.570. The van der Waals surface area contributed by atoms with Crippen molar-refractivity contribution < 1.29 is 9.53 Å². The van der Waals surface area contributed by atoms with Gasteiger partial charge in [-0.05, 0) is 69.4 Å². The van der Waals surface area contributed by atoms with E-state index in [1.54, 1.807) is 0 Å². The number of ether oxygens (including phenoxy) is 1. The summed E-state index contributed by atoms with van der Waals surface area (Å²) in [6.45, 7) is 6.83. The van der Waals surface area contributed by atoms with Gasteiger partial charge in [-0.25, -0.2) is 0 Å². The average molecular weight is 267 g/mol. The fraction of sp³-hybridized carbons (Fsp3) is 0.938. The lowest BCUT2D eigenvalue weighted by atomic mass is 9.76. The highest BCUT2D eigenvalue weighted by Crippen LogP contribution is 2.36. The smallest absolute Gasteiger partial charge is 0.306 e. The van der Waals surface area contributed by atoms with Crippen molar-refractivity contribution in [3.63, 3.8) is 0 Å². The van der Waals surface area contributed by atoms with Gasteiger partial charge in [-0.3, -0.25) is 4.79 Å². The molecule has 0 unspecified atom stereocenters. The number of hydrogen-bond acceptors (Lipinski definition) is 3. The highest BCUT2D eigenvalue weighted by Gasteiger charge is 2.28. The van der Waals surface area contributed by atoms with E-state index in [9.17, 15) is 4.79 Å². The van der Waals surface area contributed by atoms with Crippen LogP contribution in [-0.2, 0) is 9.53 Å². The van der Waals surface area contributed by atoms with E-state index < -0.39 is 0 Å². The van der Waals surface area contributed by atoms with Gasteiger partial charge in [0.25, 0.3) is 0 Å². The molecule has 1 saturated carbocycles. The molecule has 3 heteroatoms. The second-order valence-corrected chi connectivity index (χ2v) is 7.09. The van der Waals surface area contributed by atoms with Gasteiger partial charge in [0.15, 0.2) is 0 Å². The van der Waals surface area contributed by atoms with Crippen LogP contribution in [0.5, 0.6) is 0 Å². The van der Waals surface area contributed by atoms with Crippen molar-refractivity contribution in [2.75, 3.05) is 13.1 Å². The third-order valence-corrected chi connectivity index (χ3v) is 4.80. The number of piperidine rings is 1. The summed E-state index contributed by atoms with van der Waals surface area (Å²) in [6.07, 6.45) is 8.70. The minimum atomic E-state index is 0.0308. The van der Waals surface area contributed by atoms with Crippen molar-refractivity contribution in [2.24, 2.45) is 11.3 Å². The maximum atomic E-state index is 11.9. The molecule has 1 aliphatic heterocycles. The molecule has 19 heavy (non-hydrogen) atoms. The van der Waals surface area contributed by atoms with Gasteiger partial charge in [-0.2, -0.15) is 0 Å². The van der Waals surface area contributed by atoms with E-state index in [0.717, 1.165) is 38.3 Å². The van der Waals surface area contributed by atoms with Gasteiger partial charge >= 0.3 is 5.97 Å². The van der Waals surface area contributed by atoms with E-state index in [0.29, 0.717) is 11.8 Å². The van der Waals surface area contributed by atoms with Crippen LogP contribution in [0.25, 0.3) is 0 Å². The van der Waals surface area contributed by atoms with E-state index in [1.807, 2.05) is 0 Å². The van der Waals surface area contributed by atoms with Crippen molar-refractivity contribution in [2.45, 2.75) is 71.3 Å². The predicted molar refractivity (Wildman–Crippen MR) is 77.0 cm³/mol. The molecule has 2 rings (SSSR count). The SMILES string of the molecule is CC1(C)CCC(OC(=O)CCC2CCNCC2)CC1. The molecule has 0 atom stereocenters. The highest BCUT2D eigenvalue weighted by atomic mass is 16.5. The molecule has 2 fully saturated rings. The number of rotatable bonds is 4. The molecule has 1 heterocycles. The molecular formula is C16H29NO2. The molecule has 0 aromatic heterocycles. The summed E-state index contributed by atoms with van der Waals surface area (Å²) in [6, 6.07) is 0. The van der Waals surface area contributed by atoms with Crippen LogP contribution in [0.1, 0.15) is 65.2 Å². The Labute approximate surface area is 117 Å². The first-order valence-corrected chi connectivity index (χ1v) is 7.95. The van der Waals surface area contributed by atoms with E-state index >= 15 is 0 Å². The zero-order chi connectivity index (χ0) is 13.7. The van der Waals surface area contributed by atoms with Crippen LogP contribution in [0.4, 0.5) is 0 Å².